The molecule has 9 N–H and O–H groups in total. The molecule has 3 fully saturated rings. The molecular weight excluding hydrogens is 1400 g/mol. The molecule has 0 bridgehead atoms. The van der Waals surface area contributed by atoms with Crippen LogP contribution in [0.5, 0.6) is 34.9 Å². The van der Waals surface area contributed by atoms with Gasteiger partial charge in [0.25, 0.3) is 11.6 Å². The Bertz CT molecular complexity index is 4630. The minimum Gasteiger partial charge on any atom is -0.481 e. The van der Waals surface area contributed by atoms with Crippen molar-refractivity contribution in [3.63, 3.8) is 0 Å². The standard InChI is InChI=1S/2C27H24N4O4.C25H24BrClN2O4/c2*1-28-15-19-22(16-8-6-5-7-9-16)27(17-10-12-18(29-2)13-11-17)26(33,24(19)32)23-20(35-27)14-21(30-3)31-25(23)34-4;1-28-13-17-20(14-6-4-3-5-7-14)25(15-8-10-16(26)11-9-15)24(31,22(17)30)21-18(33-25)12-19(27)29-23(21)32-2/h2*5-14,19,22,24,28,32-33H,15H2,1,4H3;3-12,17,20,22,28,30-31H,13H2,1-2H3/t2*19-,22-,24-,26+,27+;17-,20-,22-,24+,25+/m111/s1. The monoisotopic (exact) mass is 1470 g/mol. The van der Waals surface area contributed by atoms with Gasteiger partial charge in [0.05, 0.1) is 58.3 Å². The molecule has 0 saturated heterocycles. The van der Waals surface area contributed by atoms with Crippen LogP contribution < -0.4 is 44.4 Å². The number of methoxy groups -OCH3 is 3. The molecule has 3 aromatic heterocycles. The molecule has 6 aliphatic rings. The van der Waals surface area contributed by atoms with Crippen LogP contribution >= 0.6 is 27.5 Å². The van der Waals surface area contributed by atoms with Gasteiger partial charge in [-0.05, 0) is 66.7 Å². The lowest BCUT2D eigenvalue weighted by Gasteiger charge is -2.41. The Morgan fingerprint density at radius 3 is 1.01 bits per heavy atom. The Labute approximate surface area is 608 Å². The molecule has 0 unspecified atom stereocenters. The van der Waals surface area contributed by atoms with E-state index in [1.54, 1.807) is 68.7 Å². The summed E-state index contributed by atoms with van der Waals surface area (Å²) in [5, 5.41) is 83.0. The normalized spacial score (nSPS) is 28.9. The second kappa shape index (κ2) is 27.9. The van der Waals surface area contributed by atoms with Crippen LogP contribution in [0.2, 0.25) is 5.15 Å². The van der Waals surface area contributed by atoms with Gasteiger partial charge < -0.3 is 84.7 Å². The smallest absolute Gasteiger partial charge is 0.319 e. The van der Waals surface area contributed by atoms with E-state index < -0.39 is 81.5 Å². The number of aromatic nitrogens is 3. The van der Waals surface area contributed by atoms with E-state index in [1.165, 1.54) is 33.5 Å². The minimum atomic E-state index is -1.96. The highest BCUT2D eigenvalue weighted by atomic mass is 79.9. The van der Waals surface area contributed by atoms with E-state index >= 15 is 0 Å². The molecule has 524 valence electrons. The van der Waals surface area contributed by atoms with Gasteiger partial charge in [0, 0.05) is 77.8 Å². The summed E-state index contributed by atoms with van der Waals surface area (Å²) in [6.45, 7) is 30.9. The highest BCUT2D eigenvalue weighted by Gasteiger charge is 2.80. The van der Waals surface area contributed by atoms with Crippen molar-refractivity contribution in [3.8, 4) is 34.9 Å². The Hall–Kier alpha value is -10.1. The zero-order valence-electron chi connectivity index (χ0n) is 56.7. The van der Waals surface area contributed by atoms with Crippen molar-refractivity contribution < 1.29 is 59.1 Å². The Balaban J connectivity index is 0.000000138. The molecule has 9 aromatic rings. The van der Waals surface area contributed by atoms with E-state index in [0.717, 1.165) is 26.7 Å². The Morgan fingerprint density at radius 2 is 0.728 bits per heavy atom. The second-order valence-corrected chi connectivity index (χ2v) is 27.4. The molecule has 6 heterocycles. The summed E-state index contributed by atoms with van der Waals surface area (Å²) in [6, 6.07) is 54.9. The predicted molar refractivity (Wildman–Crippen MR) is 386 cm³/mol. The number of benzene rings is 6. The molecule has 0 radical (unpaired) electrons. The Morgan fingerprint density at radius 1 is 0.437 bits per heavy atom. The summed E-state index contributed by atoms with van der Waals surface area (Å²) in [7, 11) is 9.70. The molecule has 0 spiro atoms. The Kier molecular flexibility index (Phi) is 19.4. The third-order valence-corrected chi connectivity index (χ3v) is 22.0. The molecule has 24 heteroatoms. The highest BCUT2D eigenvalue weighted by Crippen LogP contribution is 2.73. The van der Waals surface area contributed by atoms with E-state index in [2.05, 4.69) is 66.2 Å². The quantitative estimate of drug-likeness (QED) is 0.0341. The summed E-state index contributed by atoms with van der Waals surface area (Å²) in [6.07, 6.45) is -3.72. The fourth-order valence-electron chi connectivity index (χ4n) is 17.5. The van der Waals surface area contributed by atoms with Crippen LogP contribution in [0.4, 0.5) is 23.0 Å². The van der Waals surface area contributed by atoms with Gasteiger partial charge in [-0.25, -0.2) is 14.7 Å². The first kappa shape index (κ1) is 71.3. The van der Waals surface area contributed by atoms with Crippen LogP contribution in [-0.2, 0) is 33.6 Å². The van der Waals surface area contributed by atoms with Gasteiger partial charge in [0.15, 0.2) is 45.0 Å². The third kappa shape index (κ3) is 10.6. The number of ether oxygens (including phenoxy) is 6. The van der Waals surface area contributed by atoms with Gasteiger partial charge in [-0.15, -0.1) is 0 Å². The lowest BCUT2D eigenvalue weighted by atomic mass is 9.71. The van der Waals surface area contributed by atoms with Crippen molar-refractivity contribution in [1.82, 2.24) is 30.9 Å². The minimum absolute atomic E-state index is 0.0339. The van der Waals surface area contributed by atoms with E-state index in [1.807, 2.05) is 122 Å². The summed E-state index contributed by atoms with van der Waals surface area (Å²) in [4.78, 5) is 26.6. The van der Waals surface area contributed by atoms with Crippen LogP contribution in [0.1, 0.15) is 67.8 Å². The maximum atomic E-state index is 12.6. The van der Waals surface area contributed by atoms with Gasteiger partial charge >= 0.3 is 11.8 Å². The number of pyridine rings is 3. The van der Waals surface area contributed by atoms with Gasteiger partial charge in [0.2, 0.25) is 5.88 Å². The number of rotatable bonds is 15. The van der Waals surface area contributed by atoms with Gasteiger partial charge in [0.1, 0.15) is 33.5 Å². The number of aliphatic hydroxyl groups excluding tert-OH is 3. The summed E-state index contributed by atoms with van der Waals surface area (Å²) in [5.41, 5.74) is -3.80. The molecule has 6 aromatic carbocycles. The number of nitrogens with zero attached hydrogens (tertiary/aromatic N) is 7. The van der Waals surface area contributed by atoms with Gasteiger partial charge in [-0.1, -0.05) is 202 Å². The van der Waals surface area contributed by atoms with Crippen LogP contribution in [0, 0.1) is 44.0 Å². The fraction of sp³-hybridized carbons (Fsp3) is 0.304. The average molecular weight is 1470 g/mol. The zero-order valence-corrected chi connectivity index (χ0v) is 59.0. The molecular formula is C79H72BrClN10O12. The van der Waals surface area contributed by atoms with Crippen LogP contribution in [0.15, 0.2) is 186 Å². The predicted octanol–water partition coefficient (Wildman–Crippen LogP) is 11.3. The number of halogens is 2. The zero-order chi connectivity index (χ0) is 73.0. The van der Waals surface area contributed by atoms with Crippen LogP contribution in [-0.4, -0.2) is 126 Å². The number of fused-ring (bicyclic) bond motifs is 9. The maximum Gasteiger partial charge on any atom is 0.319 e. The first-order chi connectivity index (χ1) is 49.8. The van der Waals surface area contributed by atoms with Crippen molar-refractivity contribution in [2.45, 2.75) is 69.7 Å². The number of aliphatic hydroxyl groups is 6. The molecule has 3 saturated carbocycles. The largest absolute Gasteiger partial charge is 0.481 e. The number of hydrogen-bond acceptors (Lipinski definition) is 18. The van der Waals surface area contributed by atoms with Crippen LogP contribution in [0.25, 0.3) is 19.4 Å². The third-order valence-electron chi connectivity index (χ3n) is 21.3. The van der Waals surface area contributed by atoms with Crippen LogP contribution in [0.3, 0.4) is 0 Å². The van der Waals surface area contributed by atoms with Crippen molar-refractivity contribution in [3.05, 3.63) is 287 Å². The first-order valence-corrected chi connectivity index (χ1v) is 34.2. The summed E-state index contributed by atoms with van der Waals surface area (Å²) in [5.74, 6) is -1.54. The van der Waals surface area contributed by atoms with Crippen molar-refractivity contribution in [1.29, 1.82) is 0 Å². The molecule has 3 aliphatic carbocycles. The van der Waals surface area contributed by atoms with E-state index in [-0.39, 0.29) is 63.0 Å². The number of nitrogens with one attached hydrogen (secondary N) is 3. The van der Waals surface area contributed by atoms with E-state index in [0.29, 0.717) is 53.4 Å². The van der Waals surface area contributed by atoms with Gasteiger partial charge in [-0.2, -0.15) is 0 Å². The molecule has 103 heavy (non-hydrogen) atoms. The molecule has 15 atom stereocenters. The topological polar surface area (TPSA) is 269 Å². The van der Waals surface area contributed by atoms with E-state index in [9.17, 15) is 30.6 Å². The SMILES string of the molecule is CNC[C@H]1[C@@H](O)[C@@]2(O)c3c(cc(Cl)nc3OC)O[C@@]2(c2ccc(Br)cc2)[C@@H]1c1ccccc1.[C-]#[N+]c1ccc([C@@]23Oc4cc([N+]#[C-])nc(OC)c4[C@]2(O)[C@H](O)[C@H](CNC)[C@H]3c2ccccc2)cc1.[C-]#[N+]c1ccc([C@@]23Oc4cc([N+]#[C-])nc(OC)c4[C@]2(O)[C@H](O)[C@H](CNC)[C@H]3c2ccccc2)cc1. The highest BCUT2D eigenvalue weighted by molar-refractivity contribution is 9.10. The van der Waals surface area contributed by atoms with Gasteiger partial charge in [-0.3, -0.25) is 0 Å². The van der Waals surface area contributed by atoms with E-state index in [4.69, 9.17) is 66.3 Å². The lowest BCUT2D eigenvalue weighted by Crippen LogP contribution is -2.52. The second-order valence-electron chi connectivity index (χ2n) is 26.1. The van der Waals surface area contributed by atoms with Crippen molar-refractivity contribution in [2.75, 3.05) is 62.1 Å². The number of hydrogen-bond donors (Lipinski definition) is 9. The summed E-state index contributed by atoms with van der Waals surface area (Å²) >= 11 is 9.76. The summed E-state index contributed by atoms with van der Waals surface area (Å²) < 4.78 is 37.6. The molecule has 0 amide bonds. The molecule has 3 aliphatic heterocycles. The fourth-order valence-corrected chi connectivity index (χ4v) is 17.9. The molecule has 22 nitrogen and oxygen atoms in total. The average Bonchev–Trinajstić information content (AvgIpc) is 1.51. The first-order valence-electron chi connectivity index (χ1n) is 33.1. The van der Waals surface area contributed by atoms with Crippen molar-refractivity contribution >= 4 is 50.5 Å². The molecule has 15 rings (SSSR count). The van der Waals surface area contributed by atoms with Crippen molar-refractivity contribution in [2.24, 2.45) is 17.8 Å². The maximum absolute atomic E-state index is 12.6. The lowest BCUT2D eigenvalue weighted by molar-refractivity contribution is -0.152.